The number of methoxy groups -OCH3 is 1. The van der Waals surface area contributed by atoms with Gasteiger partial charge >= 0.3 is 0 Å². The number of hydrogen-bond acceptors (Lipinski definition) is 19. The SMILES string of the molecule is COc1cc2ccc(C(=O)C3CCCN(CC4CC4)C3)cc2cn1.Cn1ccc2ccc(C(=O)C3CCCN(CC4CC4)C3)cc21.O=C(c1cc2ccccc2s1)C1CCCN(CC2CC2)C1.O=C(c1ccc2ccccc2n1)C1CCCN(CC2CC2)C1.O=C(c1ccc2ccccc2n1)[C@@H]1CCCN(CC2CC2)C1.O=C(c1cccc(Cl)c1)[C@@H]1CCCN(CC2CC2)C1.O=C(c1cccc(Cl)c1)[C@H]1CCCN(CC2CC2)C1. The van der Waals surface area contributed by atoms with E-state index in [1.165, 1.54) is 171 Å². The van der Waals surface area contributed by atoms with Crippen LogP contribution >= 0.6 is 34.5 Å². The molecule has 149 heavy (non-hydrogen) atoms. The zero-order valence-electron chi connectivity index (χ0n) is 87.8. The van der Waals surface area contributed by atoms with Gasteiger partial charge in [-0.25, -0.2) is 15.0 Å². The Labute approximate surface area is 895 Å². The second-order valence-corrected chi connectivity index (χ2v) is 48.2. The van der Waals surface area contributed by atoms with E-state index in [9.17, 15) is 33.6 Å². The Morgan fingerprint density at radius 1 is 0.302 bits per heavy atom. The van der Waals surface area contributed by atoms with Gasteiger partial charge in [-0.15, -0.1) is 11.3 Å². The zero-order chi connectivity index (χ0) is 102. The third-order valence-electron chi connectivity index (χ3n) is 33.6. The Bertz CT molecular complexity index is 6390. The molecule has 0 amide bonds. The van der Waals surface area contributed by atoms with Crippen LogP contribution in [0.25, 0.3) is 53.6 Å². The number of carbonyl (C=O) groups is 7. The van der Waals surface area contributed by atoms with Crippen LogP contribution in [0.1, 0.15) is 252 Å². The van der Waals surface area contributed by atoms with Gasteiger partial charge in [-0.1, -0.05) is 138 Å². The highest BCUT2D eigenvalue weighted by molar-refractivity contribution is 7.20. The van der Waals surface area contributed by atoms with Crippen molar-refractivity contribution >= 4 is 129 Å². The van der Waals surface area contributed by atoms with Gasteiger partial charge in [-0.3, -0.25) is 33.6 Å². The van der Waals surface area contributed by atoms with Crippen LogP contribution in [0, 0.1) is 82.9 Å². The molecule has 14 aliphatic rings. The molecule has 7 saturated carbocycles. The number of likely N-dealkylation sites (tertiary alicyclic amines) is 7. The number of Topliss-reactive ketones (excluding diaryl/α,β-unsaturated/α-hetero) is 7. The minimum atomic E-state index is 0.126. The van der Waals surface area contributed by atoms with Crippen molar-refractivity contribution in [2.45, 2.75) is 180 Å². The summed E-state index contributed by atoms with van der Waals surface area (Å²) in [5.74, 6) is 10.0. The highest BCUT2D eigenvalue weighted by Crippen LogP contribution is 2.41. The lowest BCUT2D eigenvalue weighted by molar-refractivity contribution is 0.0803. The molecule has 5 aromatic heterocycles. The molecule has 12 aromatic rings. The van der Waals surface area contributed by atoms with Crippen LogP contribution < -0.4 is 4.74 Å². The number of aromatic nitrogens is 4. The number of ether oxygens (including phenoxy) is 1. The Kier molecular flexibility index (Phi) is 36.1. The number of aryl methyl sites for hydroxylation is 1. The average molecular weight is 2060 g/mol. The standard InChI is InChI=1S/C20H24N2O2.C19H24N2O.2C19H22N2O.C18H21NOS.2C16H20ClNO/c1-24-19-10-15-6-7-16(9-18(15)11-21-19)20(23)17-3-2-8-22(13-17)12-14-4-5-14;1-20-10-8-15-6-7-16(11-18(15)20)19(22)17-3-2-9-21(13-17)12-14-4-5-14;2*22-19(16-5-3-11-21(13-16)12-14-7-8-14)18-10-9-15-4-1-2-6-17(15)20-18;20-18(17-10-14-4-1-2-6-16(14)21-17)15-5-3-9-19(12-15)11-13-7-8-13;2*17-15-5-1-3-13(9-15)16(19)14-4-2-8-18(11-14)10-12-6-7-12/h6-7,9-11,14,17H,2-5,8,12-13H2,1H3;6-8,10-11,14,17H,2-5,9,12-13H2,1H3;2*1-2,4,6,9-10,14,16H,3,5,7-8,11-13H2;1-2,4,6,10,13,15H,3,5,7-9,11-12H2;2*1,3,5,9,12,14H,2,4,6-8,10-11H2/t;;16-;;;2*14-/m..1..10/s1. The number of pyridine rings is 3. The molecular formula is C127H153Cl2N11O8S. The van der Waals surface area contributed by atoms with E-state index < -0.39 is 0 Å². The van der Waals surface area contributed by atoms with E-state index >= 15 is 0 Å². The van der Waals surface area contributed by atoms with Crippen LogP contribution in [0.15, 0.2) is 213 Å². The molecule has 22 heteroatoms. The van der Waals surface area contributed by atoms with E-state index in [2.05, 4.69) is 96.4 Å². The van der Waals surface area contributed by atoms with E-state index in [1.54, 1.807) is 36.8 Å². The number of thiophene rings is 1. The summed E-state index contributed by atoms with van der Waals surface area (Å²) in [4.78, 5) is 121. The summed E-state index contributed by atoms with van der Waals surface area (Å²) in [7, 11) is 3.65. The quantitative estimate of drug-likeness (QED) is 0.0401. The predicted octanol–water partition coefficient (Wildman–Crippen LogP) is 25.6. The number of hydrogen-bond donors (Lipinski definition) is 0. The molecule has 14 fully saturated rings. The Balaban J connectivity index is 0.000000105. The molecule has 7 aliphatic heterocycles. The van der Waals surface area contributed by atoms with Gasteiger partial charge in [0.25, 0.3) is 0 Å². The normalized spacial score (nSPS) is 23.2. The van der Waals surface area contributed by atoms with Crippen LogP contribution in [0.2, 0.25) is 10.0 Å². The lowest BCUT2D eigenvalue weighted by Crippen LogP contribution is -2.39. The van der Waals surface area contributed by atoms with Gasteiger partial charge in [0.2, 0.25) is 5.88 Å². The minimum Gasteiger partial charge on any atom is -0.481 e. The Hall–Kier alpha value is -9.94. The van der Waals surface area contributed by atoms with Crippen LogP contribution in [-0.2, 0) is 7.05 Å². The summed E-state index contributed by atoms with van der Waals surface area (Å²) < 4.78 is 8.48. The molecule has 0 spiro atoms. The highest BCUT2D eigenvalue weighted by Gasteiger charge is 2.40. The molecule has 7 atom stereocenters. The van der Waals surface area contributed by atoms with Gasteiger partial charge in [0.15, 0.2) is 40.5 Å². The molecule has 19 nitrogen and oxygen atoms in total. The van der Waals surface area contributed by atoms with Crippen LogP contribution in [-0.4, -0.2) is 239 Å². The molecule has 7 aromatic carbocycles. The van der Waals surface area contributed by atoms with E-state index in [1.807, 2.05) is 159 Å². The maximum absolute atomic E-state index is 12.9. The number of halogens is 2. The molecule has 12 heterocycles. The molecule has 784 valence electrons. The summed E-state index contributed by atoms with van der Waals surface area (Å²) in [5, 5.41) is 7.95. The van der Waals surface area contributed by atoms with Crippen LogP contribution in [0.3, 0.4) is 0 Å². The van der Waals surface area contributed by atoms with Crippen molar-refractivity contribution < 1.29 is 38.3 Å². The topological polar surface area (TPSA) is 195 Å². The van der Waals surface area contributed by atoms with E-state index in [0.29, 0.717) is 38.9 Å². The molecule has 7 saturated heterocycles. The van der Waals surface area contributed by atoms with Crippen molar-refractivity contribution in [3.63, 3.8) is 0 Å². The first-order valence-corrected chi connectivity index (χ1v) is 58.4. The molecular weight excluding hydrogens is 1910 g/mol. The zero-order valence-corrected chi connectivity index (χ0v) is 90.1. The lowest BCUT2D eigenvalue weighted by Gasteiger charge is -2.32. The van der Waals surface area contributed by atoms with Gasteiger partial charge in [0.1, 0.15) is 11.4 Å². The number of ketones is 7. The van der Waals surface area contributed by atoms with Crippen molar-refractivity contribution in [2.75, 3.05) is 145 Å². The van der Waals surface area contributed by atoms with Crippen molar-refractivity contribution in [3.8, 4) is 5.88 Å². The van der Waals surface area contributed by atoms with Crippen LogP contribution in [0.5, 0.6) is 5.88 Å². The minimum absolute atomic E-state index is 0.126. The fraction of sp³-hybridized carbons (Fsp3) is 0.512. The third-order valence-corrected chi connectivity index (χ3v) is 35.2. The largest absolute Gasteiger partial charge is 0.481 e. The first kappa shape index (κ1) is 106. The number of para-hydroxylation sites is 2. The molecule has 0 bridgehead atoms. The van der Waals surface area contributed by atoms with Gasteiger partial charge in [-0.05, 0) is 362 Å². The Morgan fingerprint density at radius 2 is 0.624 bits per heavy atom. The van der Waals surface area contributed by atoms with Gasteiger partial charge < -0.3 is 43.6 Å². The number of benzene rings is 7. The second kappa shape index (κ2) is 50.8. The summed E-state index contributed by atoms with van der Waals surface area (Å²) >= 11 is 13.6. The summed E-state index contributed by atoms with van der Waals surface area (Å²) in [5.41, 5.74) is 7.49. The van der Waals surface area contributed by atoms with Crippen molar-refractivity contribution in [1.82, 2.24) is 53.8 Å². The number of fused-ring (bicyclic) bond motifs is 5. The van der Waals surface area contributed by atoms with Gasteiger partial charge in [-0.2, -0.15) is 0 Å². The first-order chi connectivity index (χ1) is 72.7. The van der Waals surface area contributed by atoms with E-state index in [-0.39, 0.29) is 70.3 Å². The first-order valence-electron chi connectivity index (χ1n) is 56.8. The lowest BCUT2D eigenvalue weighted by atomic mass is 9.89. The third kappa shape index (κ3) is 30.4. The van der Waals surface area contributed by atoms with Gasteiger partial charge in [0, 0.05) is 217 Å². The summed E-state index contributed by atoms with van der Waals surface area (Å²) in [6.07, 6.45) is 38.4. The number of piperidine rings is 7. The fourth-order valence-corrected chi connectivity index (χ4v) is 25.3. The monoisotopic (exact) mass is 2060 g/mol. The fourth-order valence-electron chi connectivity index (χ4n) is 23.9. The maximum Gasteiger partial charge on any atom is 0.213 e. The molecule has 0 N–H and O–H groups in total. The van der Waals surface area contributed by atoms with E-state index in [0.717, 1.165) is 269 Å². The van der Waals surface area contributed by atoms with Crippen molar-refractivity contribution in [2.24, 2.45) is 89.9 Å². The smallest absolute Gasteiger partial charge is 0.213 e. The summed E-state index contributed by atoms with van der Waals surface area (Å²) in [6.45, 7) is 23.1. The highest BCUT2D eigenvalue weighted by atomic mass is 35.5. The molecule has 26 rings (SSSR count). The second-order valence-electron chi connectivity index (χ2n) is 46.3. The van der Waals surface area contributed by atoms with Crippen molar-refractivity contribution in [1.29, 1.82) is 0 Å². The average Bonchev–Trinajstić information content (AvgIpc) is 1.47. The molecule has 7 aliphatic carbocycles. The number of nitrogens with zero attached hydrogens (tertiary/aromatic N) is 11. The molecule has 4 unspecified atom stereocenters. The molecule has 0 radical (unpaired) electrons. The predicted molar refractivity (Wildman–Crippen MR) is 603 cm³/mol. The summed E-state index contributed by atoms with van der Waals surface area (Å²) in [6, 6.07) is 65.0. The van der Waals surface area contributed by atoms with E-state index in [4.69, 9.17) is 27.9 Å². The number of rotatable bonds is 29. The number of carbonyl (C=O) groups excluding carboxylic acids is 7. The maximum atomic E-state index is 12.9. The Morgan fingerprint density at radius 3 is 0.980 bits per heavy atom. The van der Waals surface area contributed by atoms with Crippen LogP contribution in [0.4, 0.5) is 0 Å². The van der Waals surface area contributed by atoms with Gasteiger partial charge in [0.05, 0.1) is 23.0 Å². The van der Waals surface area contributed by atoms with Crippen molar-refractivity contribution in [3.05, 3.63) is 261 Å².